The minimum absolute atomic E-state index is 0.0210. The van der Waals surface area contributed by atoms with Gasteiger partial charge >= 0.3 is 6.18 Å². The van der Waals surface area contributed by atoms with E-state index in [1.165, 1.54) is 12.1 Å². The molecule has 9 rings (SSSR count). The van der Waals surface area contributed by atoms with E-state index in [1.54, 1.807) is 42.6 Å². The summed E-state index contributed by atoms with van der Waals surface area (Å²) in [5, 5.41) is 16.4. The van der Waals surface area contributed by atoms with E-state index in [0.717, 1.165) is 33.8 Å². The molecule has 0 unspecified atom stereocenters. The highest BCUT2D eigenvalue weighted by molar-refractivity contribution is 7.90. The molecule has 2 saturated heterocycles. The number of amides is 1. The largest absolute Gasteiger partial charge is 0.476 e. The van der Waals surface area contributed by atoms with Gasteiger partial charge in [0.1, 0.15) is 17.0 Å². The number of ether oxygens (including phenoxy) is 3. The normalized spacial score (nSPS) is 19.8. The number of H-pyrrole nitrogens is 1. The summed E-state index contributed by atoms with van der Waals surface area (Å²) in [7, 11) is -4.66. The van der Waals surface area contributed by atoms with Crippen molar-refractivity contribution in [2.45, 2.75) is 49.3 Å². The summed E-state index contributed by atoms with van der Waals surface area (Å²) in [5.41, 5.74) is 4.37. The number of anilines is 4. The molecule has 4 aliphatic rings. The smallest absolute Gasteiger partial charge is 0.392 e. The van der Waals surface area contributed by atoms with E-state index in [0.29, 0.717) is 113 Å². The molecule has 21 heteroatoms. The number of piperazine rings is 1. The van der Waals surface area contributed by atoms with E-state index in [9.17, 15) is 36.5 Å². The Morgan fingerprint density at radius 2 is 1.76 bits per heavy atom. The highest BCUT2D eigenvalue weighted by Gasteiger charge is 2.41. The van der Waals surface area contributed by atoms with Crippen molar-refractivity contribution >= 4 is 72.6 Å². The Morgan fingerprint density at radius 3 is 2.51 bits per heavy atom. The monoisotopic (exact) mass is 978 g/mol. The number of hydrogen-bond acceptors (Lipinski definition) is 13. The summed E-state index contributed by atoms with van der Waals surface area (Å²) >= 11 is 6.17. The zero-order valence-electron chi connectivity index (χ0n) is 36.9. The molecule has 0 spiro atoms. The van der Waals surface area contributed by atoms with Gasteiger partial charge in [-0.25, -0.2) is 13.1 Å². The molecule has 5 heterocycles. The molecule has 3 aromatic carbocycles. The minimum Gasteiger partial charge on any atom is -0.476 e. The summed E-state index contributed by atoms with van der Waals surface area (Å²) in [6.07, 6.45) is -1.39. The second kappa shape index (κ2) is 20.0. The average molecular weight is 979 g/mol. The summed E-state index contributed by atoms with van der Waals surface area (Å²) < 4.78 is 89.5. The number of carbonyl (C=O) groups is 1. The molecular formula is C47H50ClF3N8O8S. The van der Waals surface area contributed by atoms with Gasteiger partial charge in [-0.1, -0.05) is 29.3 Å². The molecule has 1 aliphatic carbocycles. The fraction of sp³-hybridized carbons (Fsp3) is 0.404. The number of nitro benzene ring substituents is 1. The van der Waals surface area contributed by atoms with Gasteiger partial charge in [0.2, 0.25) is 5.88 Å². The maximum atomic E-state index is 14.4. The first-order valence-corrected chi connectivity index (χ1v) is 24.4. The lowest BCUT2D eigenvalue weighted by molar-refractivity contribution is -0.384. The molecule has 0 saturated carbocycles. The van der Waals surface area contributed by atoms with Crippen LogP contribution in [0.25, 0.3) is 16.6 Å². The van der Waals surface area contributed by atoms with Crippen molar-refractivity contribution in [3.63, 3.8) is 0 Å². The number of fused-ring (bicyclic) bond motifs is 2. The number of sulfonamides is 1. The van der Waals surface area contributed by atoms with Crippen molar-refractivity contribution in [1.82, 2.24) is 19.6 Å². The summed E-state index contributed by atoms with van der Waals surface area (Å²) in [6, 6.07) is 19.3. The molecule has 1 amide bonds. The number of hydrogen-bond donors (Lipinski definition) is 3. The van der Waals surface area contributed by atoms with Gasteiger partial charge in [-0.15, -0.1) is 0 Å². The number of aromatic nitrogens is 2. The number of benzene rings is 3. The third-order valence-corrected chi connectivity index (χ3v) is 14.5. The Hall–Kier alpha value is -5.93. The number of aromatic amines is 1. The summed E-state index contributed by atoms with van der Waals surface area (Å²) in [6.45, 7) is 4.88. The van der Waals surface area contributed by atoms with Crippen LogP contribution >= 0.6 is 11.6 Å². The number of pyridine rings is 1. The Kier molecular flexibility index (Phi) is 13.8. The lowest BCUT2D eigenvalue weighted by Crippen LogP contribution is -2.47. The van der Waals surface area contributed by atoms with Gasteiger partial charge in [0.15, 0.2) is 0 Å². The van der Waals surface area contributed by atoms with Crippen LogP contribution in [-0.4, -0.2) is 119 Å². The molecule has 68 heavy (non-hydrogen) atoms. The first-order valence-electron chi connectivity index (χ1n) is 22.5. The van der Waals surface area contributed by atoms with Crippen LogP contribution in [0.5, 0.6) is 5.88 Å². The summed E-state index contributed by atoms with van der Waals surface area (Å²) in [4.78, 5) is 39.4. The molecular weight excluding hydrogens is 929 g/mol. The number of nitrogens with zero attached hydrogens (tertiary/aromatic N) is 5. The highest BCUT2D eigenvalue weighted by Crippen LogP contribution is 2.43. The molecule has 0 radical (unpaired) electrons. The van der Waals surface area contributed by atoms with E-state index in [1.807, 2.05) is 23.1 Å². The second-order valence-electron chi connectivity index (χ2n) is 17.3. The molecule has 16 nitrogen and oxygen atoms in total. The van der Waals surface area contributed by atoms with Gasteiger partial charge in [-0.2, -0.15) is 18.2 Å². The minimum atomic E-state index is -4.66. The Labute approximate surface area is 395 Å². The van der Waals surface area contributed by atoms with Crippen molar-refractivity contribution in [3.8, 4) is 5.88 Å². The SMILES string of the molecule is O=C(NS(=O)(=O)c1ccc(NC[C@H]2COCCO2)c([N+](=O)[O-])c1)c1ccc(N2CCN(CC3=C(c4ccc(Cl)cc4)C[C@@H](C(F)(F)F)CCC3)CC2)cc1N1CCCOc2nc3[nH]ccc3cc21. The quantitative estimate of drug-likeness (QED) is 0.0802. The van der Waals surface area contributed by atoms with E-state index in [2.05, 4.69) is 24.8 Å². The van der Waals surface area contributed by atoms with Crippen LogP contribution in [0.15, 0.2) is 89.5 Å². The molecule has 360 valence electrons. The lowest BCUT2D eigenvalue weighted by Gasteiger charge is -2.37. The third-order valence-electron chi connectivity index (χ3n) is 12.9. The Bertz CT molecular complexity index is 2810. The number of rotatable bonds is 12. The van der Waals surface area contributed by atoms with E-state index in [4.69, 9.17) is 30.8 Å². The van der Waals surface area contributed by atoms with Crippen LogP contribution in [0.3, 0.4) is 0 Å². The van der Waals surface area contributed by atoms with Crippen LogP contribution in [0.1, 0.15) is 48.0 Å². The van der Waals surface area contributed by atoms with Gasteiger partial charge in [0, 0.05) is 74.2 Å². The van der Waals surface area contributed by atoms with E-state index >= 15 is 0 Å². The number of nitrogens with one attached hydrogen (secondary N) is 3. The molecule has 2 atom stereocenters. The number of nitro groups is 1. The Balaban J connectivity index is 0.986. The van der Waals surface area contributed by atoms with Gasteiger partial charge in [0.25, 0.3) is 21.6 Å². The molecule has 5 aromatic rings. The third kappa shape index (κ3) is 10.5. The fourth-order valence-corrected chi connectivity index (χ4v) is 10.4. The maximum absolute atomic E-state index is 14.4. The molecule has 0 bridgehead atoms. The van der Waals surface area contributed by atoms with Crippen molar-refractivity contribution in [3.05, 3.63) is 111 Å². The van der Waals surface area contributed by atoms with E-state index in [-0.39, 0.29) is 36.7 Å². The predicted octanol–water partition coefficient (Wildman–Crippen LogP) is 8.32. The van der Waals surface area contributed by atoms with Gasteiger partial charge in [-0.3, -0.25) is 19.8 Å². The van der Waals surface area contributed by atoms with Crippen molar-refractivity contribution in [1.29, 1.82) is 0 Å². The number of allylic oxidation sites excluding steroid dienone is 1. The van der Waals surface area contributed by atoms with Crippen molar-refractivity contribution < 1.29 is 45.5 Å². The van der Waals surface area contributed by atoms with Gasteiger partial charge in [0.05, 0.1) is 59.5 Å². The zero-order chi connectivity index (χ0) is 47.6. The summed E-state index contributed by atoms with van der Waals surface area (Å²) in [5.74, 6) is -2.06. The maximum Gasteiger partial charge on any atom is 0.392 e. The molecule has 3 N–H and O–H groups in total. The number of halogens is 4. The lowest BCUT2D eigenvalue weighted by atomic mass is 9.91. The predicted molar refractivity (Wildman–Crippen MR) is 251 cm³/mol. The van der Waals surface area contributed by atoms with Gasteiger partial charge in [-0.05, 0) is 97.8 Å². The molecule has 2 aromatic heterocycles. The van der Waals surface area contributed by atoms with Gasteiger partial charge < -0.3 is 34.3 Å². The van der Waals surface area contributed by atoms with Crippen LogP contribution in [-0.2, 0) is 19.5 Å². The van der Waals surface area contributed by atoms with Crippen LogP contribution in [0.2, 0.25) is 5.02 Å². The second-order valence-corrected chi connectivity index (χ2v) is 19.4. The number of carbonyl (C=O) groups excluding carboxylic acids is 1. The molecule has 2 fully saturated rings. The van der Waals surface area contributed by atoms with E-state index < -0.39 is 43.5 Å². The van der Waals surface area contributed by atoms with Crippen LogP contribution < -0.4 is 24.6 Å². The first-order chi connectivity index (χ1) is 32.7. The fourth-order valence-electron chi connectivity index (χ4n) is 9.31. The van der Waals surface area contributed by atoms with Crippen molar-refractivity contribution in [2.24, 2.45) is 5.92 Å². The highest BCUT2D eigenvalue weighted by atomic mass is 35.5. The van der Waals surface area contributed by atoms with Crippen LogP contribution in [0, 0.1) is 16.0 Å². The zero-order valence-corrected chi connectivity index (χ0v) is 38.5. The van der Waals surface area contributed by atoms with Crippen molar-refractivity contribution in [2.75, 3.05) is 87.4 Å². The number of alkyl halides is 3. The van der Waals surface area contributed by atoms with Crippen LogP contribution in [0.4, 0.5) is 41.6 Å². The topological polar surface area (TPSA) is 185 Å². The standard InChI is InChI=1S/C47H50ClF3N8O8S/c48-34-7-5-30(6-8-34)39-24-33(47(49,50)51)4-1-3-32(39)28-56-16-18-57(19-17-56)35-9-11-38(41(25-35)58-15-2-20-67-46-43(58)23-31-13-14-52-44(31)54-46)45(60)55-68(63,64)37-10-12-40(42(26-37)59(61)62)53-27-36-29-65-21-22-66-36/h5-14,23,25-26,33,36,53H,1-4,15-22,24,27-29H2,(H,52,54)(H,55,60)/t33-,36-/m0/s1. The first kappa shape index (κ1) is 47.1. The molecule has 3 aliphatic heterocycles. The Morgan fingerprint density at radius 1 is 0.956 bits per heavy atom. The average Bonchev–Trinajstić information content (AvgIpc) is 3.54.